The van der Waals surface area contributed by atoms with Crippen molar-refractivity contribution >= 4 is 0 Å². The van der Waals surface area contributed by atoms with Gasteiger partial charge in [-0.15, -0.1) is 0 Å². The zero-order valence-corrected chi connectivity index (χ0v) is 12.0. The summed E-state index contributed by atoms with van der Waals surface area (Å²) in [7, 11) is 0. The van der Waals surface area contributed by atoms with Crippen molar-refractivity contribution in [2.75, 3.05) is 0 Å². The zero-order valence-electron chi connectivity index (χ0n) is 12.0. The Morgan fingerprint density at radius 2 is 1.70 bits per heavy atom. The molecule has 1 N–H and O–H groups in total. The van der Waals surface area contributed by atoms with Gasteiger partial charge in [-0.2, -0.15) is 0 Å². The van der Waals surface area contributed by atoms with E-state index in [1.807, 2.05) is 54.6 Å². The molecule has 0 spiro atoms. The molecule has 2 rings (SSSR count). The van der Waals surface area contributed by atoms with Gasteiger partial charge in [0.1, 0.15) is 11.5 Å². The number of para-hydroxylation sites is 1. The topological polar surface area (TPSA) is 29.5 Å². The van der Waals surface area contributed by atoms with Crippen molar-refractivity contribution in [3.05, 3.63) is 60.2 Å². The lowest BCUT2D eigenvalue weighted by atomic mass is 10.0. The summed E-state index contributed by atoms with van der Waals surface area (Å²) < 4.78 is 5.78. The molecule has 0 unspecified atom stereocenters. The lowest BCUT2D eigenvalue weighted by Crippen LogP contribution is -1.97. The Kier molecular flexibility index (Phi) is 5.63. The number of hydrogen-bond donors (Lipinski definition) is 1. The molecule has 20 heavy (non-hydrogen) atoms. The molecule has 2 aromatic rings. The van der Waals surface area contributed by atoms with Gasteiger partial charge >= 0.3 is 0 Å². The smallest absolute Gasteiger partial charge is 0.127 e. The number of aliphatic hydroxyl groups excluding tert-OH is 1. The number of ether oxygens (including phenoxy) is 1. The Labute approximate surface area is 121 Å². The van der Waals surface area contributed by atoms with E-state index in [1.165, 1.54) is 6.42 Å². The molecule has 0 heterocycles. The van der Waals surface area contributed by atoms with Crippen molar-refractivity contribution in [3.63, 3.8) is 0 Å². The van der Waals surface area contributed by atoms with E-state index in [0.717, 1.165) is 36.3 Å². The van der Waals surface area contributed by atoms with Gasteiger partial charge < -0.3 is 9.84 Å². The Morgan fingerprint density at radius 3 is 2.45 bits per heavy atom. The summed E-state index contributed by atoms with van der Waals surface area (Å²) >= 11 is 0. The molecular formula is C18H22O2. The highest BCUT2D eigenvalue weighted by Gasteiger charge is 2.08. The maximum atomic E-state index is 10.2. The molecule has 2 aromatic carbocycles. The Bertz CT molecular complexity index is 508. The quantitative estimate of drug-likeness (QED) is 0.710. The number of rotatable bonds is 7. The molecule has 0 aliphatic heterocycles. The van der Waals surface area contributed by atoms with Crippen LogP contribution < -0.4 is 4.74 Å². The molecule has 106 valence electrons. The van der Waals surface area contributed by atoms with Crippen LogP contribution in [0.15, 0.2) is 54.6 Å². The van der Waals surface area contributed by atoms with E-state index in [2.05, 4.69) is 6.92 Å². The summed E-state index contributed by atoms with van der Waals surface area (Å²) in [4.78, 5) is 0. The van der Waals surface area contributed by atoms with Crippen molar-refractivity contribution in [2.24, 2.45) is 0 Å². The van der Waals surface area contributed by atoms with Gasteiger partial charge in [0.2, 0.25) is 0 Å². The molecule has 0 saturated carbocycles. The molecule has 2 heteroatoms. The van der Waals surface area contributed by atoms with Crippen LogP contribution in [0, 0.1) is 0 Å². The van der Waals surface area contributed by atoms with E-state index >= 15 is 0 Å². The third kappa shape index (κ3) is 4.39. The Hall–Kier alpha value is -1.80. The summed E-state index contributed by atoms with van der Waals surface area (Å²) in [5, 5.41) is 10.2. The number of aliphatic hydroxyl groups is 1. The molecule has 0 amide bonds. The largest absolute Gasteiger partial charge is 0.457 e. The minimum absolute atomic E-state index is 0.402. The normalized spacial score (nSPS) is 12.1. The minimum Gasteiger partial charge on any atom is -0.457 e. The first-order valence-electron chi connectivity index (χ1n) is 7.30. The van der Waals surface area contributed by atoms with Gasteiger partial charge in [0.05, 0.1) is 6.10 Å². The van der Waals surface area contributed by atoms with Crippen LogP contribution in [0.1, 0.15) is 44.3 Å². The van der Waals surface area contributed by atoms with Gasteiger partial charge in [-0.1, -0.05) is 56.5 Å². The fraction of sp³-hybridized carbons (Fsp3) is 0.333. The third-order valence-corrected chi connectivity index (χ3v) is 3.30. The van der Waals surface area contributed by atoms with Crippen LogP contribution in [0.25, 0.3) is 0 Å². The summed E-state index contributed by atoms with van der Waals surface area (Å²) in [5.41, 5.74) is 0.925. The van der Waals surface area contributed by atoms with E-state index < -0.39 is 6.10 Å². The van der Waals surface area contributed by atoms with Gasteiger partial charge in [0.25, 0.3) is 0 Å². The second-order valence-electron chi connectivity index (χ2n) is 5.00. The van der Waals surface area contributed by atoms with E-state index in [-0.39, 0.29) is 0 Å². The van der Waals surface area contributed by atoms with Crippen molar-refractivity contribution in [1.82, 2.24) is 0 Å². The van der Waals surface area contributed by atoms with E-state index in [1.54, 1.807) is 0 Å². The van der Waals surface area contributed by atoms with Crippen LogP contribution in [0.5, 0.6) is 11.5 Å². The molecule has 0 radical (unpaired) electrons. The first kappa shape index (κ1) is 14.6. The minimum atomic E-state index is -0.402. The second kappa shape index (κ2) is 7.71. The predicted molar refractivity (Wildman–Crippen MR) is 82.1 cm³/mol. The average Bonchev–Trinajstić information content (AvgIpc) is 2.49. The molecule has 0 saturated heterocycles. The highest BCUT2D eigenvalue weighted by molar-refractivity contribution is 5.34. The van der Waals surface area contributed by atoms with E-state index in [9.17, 15) is 5.11 Å². The predicted octanol–water partition coefficient (Wildman–Crippen LogP) is 5.09. The van der Waals surface area contributed by atoms with Crippen molar-refractivity contribution < 1.29 is 9.84 Å². The SMILES string of the molecule is CCCCC[C@H](O)c1cccc(Oc2ccccc2)c1. The van der Waals surface area contributed by atoms with Crippen LogP contribution in [0.2, 0.25) is 0 Å². The van der Waals surface area contributed by atoms with Gasteiger partial charge in [0, 0.05) is 0 Å². The van der Waals surface area contributed by atoms with Crippen LogP contribution in [-0.4, -0.2) is 5.11 Å². The first-order chi connectivity index (χ1) is 9.79. The Morgan fingerprint density at radius 1 is 0.950 bits per heavy atom. The van der Waals surface area contributed by atoms with E-state index in [4.69, 9.17) is 4.74 Å². The van der Waals surface area contributed by atoms with Gasteiger partial charge in [0.15, 0.2) is 0 Å². The lowest BCUT2D eigenvalue weighted by molar-refractivity contribution is 0.163. The van der Waals surface area contributed by atoms with Crippen molar-refractivity contribution in [3.8, 4) is 11.5 Å². The summed E-state index contributed by atoms with van der Waals surface area (Å²) in [5.74, 6) is 1.58. The molecule has 0 aromatic heterocycles. The van der Waals surface area contributed by atoms with E-state index in [0.29, 0.717) is 0 Å². The third-order valence-electron chi connectivity index (χ3n) is 3.30. The van der Waals surface area contributed by atoms with Crippen LogP contribution in [0.4, 0.5) is 0 Å². The van der Waals surface area contributed by atoms with Crippen LogP contribution in [-0.2, 0) is 0 Å². The summed E-state index contributed by atoms with van der Waals surface area (Å²) in [6, 6.07) is 17.4. The highest BCUT2D eigenvalue weighted by Crippen LogP contribution is 2.26. The summed E-state index contributed by atoms with van der Waals surface area (Å²) in [6.07, 6.45) is 3.80. The maximum absolute atomic E-state index is 10.2. The standard InChI is InChI=1S/C18H22O2/c1-2-3-5-13-18(19)15-9-8-12-17(14-15)20-16-10-6-4-7-11-16/h4,6-12,14,18-19H,2-3,5,13H2,1H3/t18-/m0/s1. The summed E-state index contributed by atoms with van der Waals surface area (Å²) in [6.45, 7) is 2.17. The van der Waals surface area contributed by atoms with Crippen molar-refractivity contribution in [2.45, 2.75) is 38.7 Å². The molecule has 2 nitrogen and oxygen atoms in total. The highest BCUT2D eigenvalue weighted by atomic mass is 16.5. The van der Waals surface area contributed by atoms with Crippen molar-refractivity contribution in [1.29, 1.82) is 0 Å². The maximum Gasteiger partial charge on any atom is 0.127 e. The van der Waals surface area contributed by atoms with Crippen LogP contribution in [0.3, 0.4) is 0 Å². The molecule has 0 fully saturated rings. The molecule has 0 bridgehead atoms. The van der Waals surface area contributed by atoms with Gasteiger partial charge in [-0.3, -0.25) is 0 Å². The zero-order chi connectivity index (χ0) is 14.2. The monoisotopic (exact) mass is 270 g/mol. The average molecular weight is 270 g/mol. The fourth-order valence-corrected chi connectivity index (χ4v) is 2.16. The number of unbranched alkanes of at least 4 members (excludes halogenated alkanes) is 2. The van der Waals surface area contributed by atoms with Crippen LogP contribution >= 0.6 is 0 Å². The second-order valence-corrected chi connectivity index (χ2v) is 5.00. The lowest BCUT2D eigenvalue weighted by Gasteiger charge is -2.12. The first-order valence-corrected chi connectivity index (χ1v) is 7.30. The number of hydrogen-bond acceptors (Lipinski definition) is 2. The Balaban J connectivity index is 2.00. The number of benzene rings is 2. The molecular weight excluding hydrogens is 248 g/mol. The molecule has 0 aliphatic rings. The fourth-order valence-electron chi connectivity index (χ4n) is 2.16. The molecule has 0 aliphatic carbocycles. The van der Waals surface area contributed by atoms with Gasteiger partial charge in [-0.25, -0.2) is 0 Å². The van der Waals surface area contributed by atoms with Gasteiger partial charge in [-0.05, 0) is 36.2 Å². The molecule has 1 atom stereocenters.